The molecule has 0 aliphatic carbocycles. The van der Waals surface area contributed by atoms with E-state index >= 15 is 0 Å². The number of carbonyl (C=O) groups is 2. The first-order valence-electron chi connectivity index (χ1n) is 5.96. The van der Waals surface area contributed by atoms with Crippen molar-refractivity contribution in [3.8, 4) is 0 Å². The Morgan fingerprint density at radius 3 is 2.18 bits per heavy atom. The Balaban J connectivity index is 3.11. The van der Waals surface area contributed by atoms with Crippen molar-refractivity contribution in [3.05, 3.63) is 0 Å². The van der Waals surface area contributed by atoms with E-state index < -0.39 is 11.5 Å². The molecule has 0 saturated carbocycles. The number of hydrogen-bond donors (Lipinski definition) is 1. The van der Waals surface area contributed by atoms with Crippen LogP contribution in [0, 0.1) is 0 Å². The molecule has 1 aliphatic rings. The third-order valence-corrected chi connectivity index (χ3v) is 3.28. The van der Waals surface area contributed by atoms with Crippen molar-refractivity contribution in [2.75, 3.05) is 0 Å². The van der Waals surface area contributed by atoms with Crippen molar-refractivity contribution in [2.24, 2.45) is 0 Å². The second-order valence-electron chi connectivity index (χ2n) is 5.11. The number of carboxylic acid groups (broad SMARTS) is 1. The van der Waals surface area contributed by atoms with Gasteiger partial charge in [-0.05, 0) is 27.7 Å². The molecular formula is C12H21NO4. The number of nitrogens with zero attached hydrogens (tertiary/aromatic N) is 1. The topological polar surface area (TPSA) is 66.8 Å². The lowest BCUT2D eigenvalue weighted by Gasteiger charge is -2.46. The number of carbonyl (C=O) groups excluding carboxylic acids is 1. The van der Waals surface area contributed by atoms with Gasteiger partial charge in [0, 0.05) is 18.9 Å². The van der Waals surface area contributed by atoms with Gasteiger partial charge in [0.25, 0.3) is 0 Å². The highest BCUT2D eigenvalue weighted by molar-refractivity contribution is 5.82. The van der Waals surface area contributed by atoms with E-state index in [1.165, 1.54) is 4.90 Å². The molecule has 0 spiro atoms. The first-order valence-corrected chi connectivity index (χ1v) is 5.96. The third-order valence-electron chi connectivity index (χ3n) is 3.28. The molecule has 0 aromatic heterocycles. The van der Waals surface area contributed by atoms with Gasteiger partial charge in [0.15, 0.2) is 0 Å². The maximum Gasteiger partial charge on any atom is 0.329 e. The van der Waals surface area contributed by atoms with Crippen molar-refractivity contribution in [1.29, 1.82) is 0 Å². The molecule has 1 rings (SSSR count). The Morgan fingerprint density at radius 1 is 1.41 bits per heavy atom. The van der Waals surface area contributed by atoms with Crippen LogP contribution in [-0.2, 0) is 14.3 Å². The van der Waals surface area contributed by atoms with Gasteiger partial charge >= 0.3 is 5.97 Å². The Morgan fingerprint density at radius 2 is 1.88 bits per heavy atom. The molecule has 0 aromatic carbocycles. The highest BCUT2D eigenvalue weighted by atomic mass is 16.5. The molecule has 98 valence electrons. The summed E-state index contributed by atoms with van der Waals surface area (Å²) in [4.78, 5) is 24.2. The van der Waals surface area contributed by atoms with E-state index in [1.54, 1.807) is 0 Å². The van der Waals surface area contributed by atoms with Crippen molar-refractivity contribution in [2.45, 2.75) is 64.3 Å². The fourth-order valence-electron chi connectivity index (χ4n) is 2.74. The molecule has 0 aromatic rings. The van der Waals surface area contributed by atoms with E-state index in [-0.39, 0.29) is 18.2 Å². The summed E-state index contributed by atoms with van der Waals surface area (Å²) in [7, 11) is 0. The molecule has 0 bridgehead atoms. The molecule has 1 saturated heterocycles. The molecule has 1 heterocycles. The van der Waals surface area contributed by atoms with Crippen molar-refractivity contribution >= 4 is 12.4 Å². The van der Waals surface area contributed by atoms with Gasteiger partial charge in [0.1, 0.15) is 5.54 Å². The van der Waals surface area contributed by atoms with Crippen LogP contribution in [0.1, 0.15) is 40.5 Å². The van der Waals surface area contributed by atoms with Crippen LogP contribution in [0.2, 0.25) is 0 Å². The molecule has 1 N–H and O–H groups in total. The van der Waals surface area contributed by atoms with Crippen molar-refractivity contribution in [1.82, 2.24) is 4.90 Å². The zero-order valence-corrected chi connectivity index (χ0v) is 10.8. The summed E-state index contributed by atoms with van der Waals surface area (Å²) in [6.45, 7) is 7.33. The van der Waals surface area contributed by atoms with Crippen LogP contribution in [0.4, 0.5) is 0 Å². The Kier molecular flexibility index (Phi) is 4.14. The van der Waals surface area contributed by atoms with Crippen LogP contribution in [0.5, 0.6) is 0 Å². The van der Waals surface area contributed by atoms with Gasteiger partial charge in [0.05, 0.1) is 12.2 Å². The standard InChI is InChI=1S/C12H21NO4/c1-8(2)13(7-14)12(11(15)16)5-9(3)17-10(4)6-12/h7-10H,5-6H2,1-4H3,(H,15,16). The summed E-state index contributed by atoms with van der Waals surface area (Å²) in [6.07, 6.45) is 1.00. The first kappa shape index (κ1) is 14.0. The number of rotatable bonds is 4. The minimum absolute atomic E-state index is 0.138. The van der Waals surface area contributed by atoms with Gasteiger partial charge in [-0.15, -0.1) is 0 Å². The Bertz CT molecular complexity index is 293. The lowest BCUT2D eigenvalue weighted by atomic mass is 9.82. The van der Waals surface area contributed by atoms with E-state index in [2.05, 4.69) is 0 Å². The van der Waals surface area contributed by atoms with Gasteiger partial charge in [-0.2, -0.15) is 0 Å². The first-order chi connectivity index (χ1) is 7.83. The summed E-state index contributed by atoms with van der Waals surface area (Å²) in [6, 6.07) is -0.138. The van der Waals surface area contributed by atoms with Crippen LogP contribution < -0.4 is 0 Å². The molecular weight excluding hydrogens is 222 g/mol. The van der Waals surface area contributed by atoms with Gasteiger partial charge in [0.2, 0.25) is 6.41 Å². The fraction of sp³-hybridized carbons (Fsp3) is 0.833. The molecule has 5 nitrogen and oxygen atoms in total. The smallest absolute Gasteiger partial charge is 0.329 e. The van der Waals surface area contributed by atoms with Crippen LogP contribution in [0.25, 0.3) is 0 Å². The van der Waals surface area contributed by atoms with Gasteiger partial charge in [-0.1, -0.05) is 0 Å². The maximum absolute atomic E-state index is 11.6. The number of aliphatic carboxylic acids is 1. The van der Waals surface area contributed by atoms with E-state index in [9.17, 15) is 14.7 Å². The average Bonchev–Trinajstić information content (AvgIpc) is 2.15. The van der Waals surface area contributed by atoms with E-state index in [4.69, 9.17) is 4.74 Å². The Labute approximate surface area is 102 Å². The van der Waals surface area contributed by atoms with Gasteiger partial charge < -0.3 is 14.7 Å². The van der Waals surface area contributed by atoms with E-state index in [1.807, 2.05) is 27.7 Å². The van der Waals surface area contributed by atoms with Crippen molar-refractivity contribution in [3.63, 3.8) is 0 Å². The SMILES string of the molecule is CC1CC(C(=O)O)(N(C=O)C(C)C)CC(C)O1. The number of hydrogen-bond acceptors (Lipinski definition) is 3. The molecule has 1 aliphatic heterocycles. The minimum Gasteiger partial charge on any atom is -0.479 e. The van der Waals surface area contributed by atoms with E-state index in [0.29, 0.717) is 19.3 Å². The number of carboxylic acids is 1. The molecule has 2 atom stereocenters. The van der Waals surface area contributed by atoms with Gasteiger partial charge in [-0.3, -0.25) is 4.79 Å². The Hall–Kier alpha value is -1.10. The molecule has 0 radical (unpaired) electrons. The second-order valence-corrected chi connectivity index (χ2v) is 5.11. The molecule has 2 unspecified atom stereocenters. The predicted molar refractivity (Wildman–Crippen MR) is 62.6 cm³/mol. The van der Waals surface area contributed by atoms with Crippen LogP contribution in [-0.4, -0.2) is 46.2 Å². The largest absolute Gasteiger partial charge is 0.479 e. The van der Waals surface area contributed by atoms with Crippen molar-refractivity contribution < 1.29 is 19.4 Å². The normalized spacial score (nSPS) is 33.5. The average molecular weight is 243 g/mol. The summed E-state index contributed by atoms with van der Waals surface area (Å²) < 4.78 is 5.56. The number of ether oxygens (including phenoxy) is 1. The maximum atomic E-state index is 11.6. The molecule has 1 fully saturated rings. The summed E-state index contributed by atoms with van der Waals surface area (Å²) in [5.41, 5.74) is -1.13. The number of amides is 1. The second kappa shape index (κ2) is 5.04. The molecule has 5 heteroatoms. The summed E-state index contributed by atoms with van der Waals surface area (Å²) >= 11 is 0. The predicted octanol–water partition coefficient (Wildman–Crippen LogP) is 1.26. The van der Waals surface area contributed by atoms with Crippen LogP contribution in [0.15, 0.2) is 0 Å². The molecule has 17 heavy (non-hydrogen) atoms. The summed E-state index contributed by atoms with van der Waals surface area (Å²) in [5, 5.41) is 9.52. The molecule has 1 amide bonds. The van der Waals surface area contributed by atoms with Gasteiger partial charge in [-0.25, -0.2) is 4.79 Å². The minimum atomic E-state index is -1.13. The lowest BCUT2D eigenvalue weighted by molar-refractivity contribution is -0.174. The lowest BCUT2D eigenvalue weighted by Crippen LogP contribution is -2.61. The quantitative estimate of drug-likeness (QED) is 0.755. The summed E-state index contributed by atoms with van der Waals surface area (Å²) in [5.74, 6) is -0.944. The van der Waals surface area contributed by atoms with Crippen LogP contribution in [0.3, 0.4) is 0 Å². The monoisotopic (exact) mass is 243 g/mol. The highest BCUT2D eigenvalue weighted by Gasteiger charge is 2.50. The fourth-order valence-corrected chi connectivity index (χ4v) is 2.74. The third kappa shape index (κ3) is 2.60. The zero-order valence-electron chi connectivity index (χ0n) is 10.8. The zero-order chi connectivity index (χ0) is 13.2. The van der Waals surface area contributed by atoms with Crippen LogP contribution >= 0.6 is 0 Å². The van der Waals surface area contributed by atoms with E-state index in [0.717, 1.165) is 0 Å². The highest BCUT2D eigenvalue weighted by Crippen LogP contribution is 2.35.